The van der Waals surface area contributed by atoms with Gasteiger partial charge < -0.3 is 5.73 Å². The maximum absolute atomic E-state index is 5.85. The molecule has 0 spiro atoms. The molecule has 1 aromatic heterocycles. The predicted octanol–water partition coefficient (Wildman–Crippen LogP) is 1.98. The van der Waals surface area contributed by atoms with E-state index in [-0.39, 0.29) is 0 Å². The third-order valence-corrected chi connectivity index (χ3v) is 3.81. The van der Waals surface area contributed by atoms with E-state index in [1.165, 1.54) is 17.1 Å². The van der Waals surface area contributed by atoms with Gasteiger partial charge in [0.15, 0.2) is 0 Å². The Labute approximate surface area is 109 Å². The fraction of sp³-hybridized carbons (Fsp3) is 0.615. The monoisotopic (exact) mass is 253 g/mol. The molecule has 0 aliphatic carbocycles. The molecular weight excluding hydrogens is 230 g/mol. The highest BCUT2D eigenvalue weighted by Gasteiger charge is 2.12. The predicted molar refractivity (Wildman–Crippen MR) is 76.2 cm³/mol. The van der Waals surface area contributed by atoms with E-state index < -0.39 is 0 Å². The Hall–Kier alpha value is -0.580. The van der Waals surface area contributed by atoms with Crippen molar-refractivity contribution in [1.29, 1.82) is 0 Å². The van der Waals surface area contributed by atoms with Gasteiger partial charge in [-0.15, -0.1) is 0 Å². The molecule has 3 nitrogen and oxygen atoms in total. The van der Waals surface area contributed by atoms with Crippen LogP contribution in [-0.4, -0.2) is 41.0 Å². The van der Waals surface area contributed by atoms with E-state index in [0.29, 0.717) is 6.04 Å². The van der Waals surface area contributed by atoms with Gasteiger partial charge in [0.05, 0.1) is 0 Å². The molecule has 1 heterocycles. The number of hydrogen-bond donors (Lipinski definition) is 1. The van der Waals surface area contributed by atoms with Crippen molar-refractivity contribution in [3.8, 4) is 0 Å². The number of nitrogens with two attached hydrogens (primary N) is 1. The molecule has 96 valence electrons. The van der Waals surface area contributed by atoms with Crippen LogP contribution in [0.25, 0.3) is 0 Å². The maximum atomic E-state index is 5.85. The van der Waals surface area contributed by atoms with Gasteiger partial charge in [0.2, 0.25) is 0 Å². The second kappa shape index (κ2) is 8.50. The van der Waals surface area contributed by atoms with Crippen LogP contribution in [-0.2, 0) is 6.54 Å². The van der Waals surface area contributed by atoms with Crippen LogP contribution in [0.15, 0.2) is 24.5 Å². The molecule has 17 heavy (non-hydrogen) atoms. The SMILES string of the molecule is CCSCCC(CN)N(C)Cc1ccncc1. The highest BCUT2D eigenvalue weighted by atomic mass is 32.2. The Morgan fingerprint density at radius 2 is 2.12 bits per heavy atom. The average Bonchev–Trinajstić information content (AvgIpc) is 2.36. The zero-order chi connectivity index (χ0) is 12.5. The van der Waals surface area contributed by atoms with Crippen LogP contribution >= 0.6 is 11.8 Å². The molecular formula is C13H23N3S. The summed E-state index contributed by atoms with van der Waals surface area (Å²) in [5.41, 5.74) is 7.14. The Morgan fingerprint density at radius 1 is 1.41 bits per heavy atom. The zero-order valence-corrected chi connectivity index (χ0v) is 11.6. The lowest BCUT2D eigenvalue weighted by molar-refractivity contribution is 0.234. The Kier molecular flexibility index (Phi) is 7.24. The van der Waals surface area contributed by atoms with Gasteiger partial charge in [0, 0.05) is 31.5 Å². The summed E-state index contributed by atoms with van der Waals surface area (Å²) in [6.07, 6.45) is 4.84. The van der Waals surface area contributed by atoms with Gasteiger partial charge in [0.25, 0.3) is 0 Å². The number of rotatable bonds is 8. The van der Waals surface area contributed by atoms with Crippen LogP contribution in [0.1, 0.15) is 18.9 Å². The number of nitrogens with zero attached hydrogens (tertiary/aromatic N) is 2. The van der Waals surface area contributed by atoms with Crippen molar-refractivity contribution in [3.63, 3.8) is 0 Å². The lowest BCUT2D eigenvalue weighted by Gasteiger charge is -2.26. The van der Waals surface area contributed by atoms with Gasteiger partial charge >= 0.3 is 0 Å². The molecule has 1 aromatic rings. The summed E-state index contributed by atoms with van der Waals surface area (Å²) in [5, 5.41) is 0. The average molecular weight is 253 g/mol. The molecule has 2 N–H and O–H groups in total. The van der Waals surface area contributed by atoms with Crippen molar-refractivity contribution >= 4 is 11.8 Å². The molecule has 0 aliphatic rings. The van der Waals surface area contributed by atoms with E-state index >= 15 is 0 Å². The molecule has 1 atom stereocenters. The number of thioether (sulfide) groups is 1. The van der Waals surface area contributed by atoms with E-state index in [4.69, 9.17) is 5.73 Å². The van der Waals surface area contributed by atoms with Gasteiger partial charge in [-0.05, 0) is 42.7 Å². The smallest absolute Gasteiger partial charge is 0.0271 e. The summed E-state index contributed by atoms with van der Waals surface area (Å²) in [5.74, 6) is 2.38. The summed E-state index contributed by atoms with van der Waals surface area (Å²) in [4.78, 5) is 6.37. The molecule has 0 fully saturated rings. The molecule has 0 radical (unpaired) electrons. The standard InChI is InChI=1S/C13H23N3S/c1-3-17-9-6-13(10-14)16(2)11-12-4-7-15-8-5-12/h4-5,7-8,13H,3,6,9-11,14H2,1-2H3. The van der Waals surface area contributed by atoms with Crippen LogP contribution in [0.5, 0.6) is 0 Å². The van der Waals surface area contributed by atoms with Gasteiger partial charge in [-0.1, -0.05) is 6.92 Å². The molecule has 0 saturated heterocycles. The minimum absolute atomic E-state index is 0.474. The topological polar surface area (TPSA) is 42.1 Å². The second-order valence-corrected chi connectivity index (χ2v) is 5.54. The molecule has 0 amide bonds. The fourth-order valence-electron chi connectivity index (χ4n) is 1.79. The van der Waals surface area contributed by atoms with E-state index in [0.717, 1.165) is 19.5 Å². The maximum Gasteiger partial charge on any atom is 0.0271 e. The van der Waals surface area contributed by atoms with E-state index in [1.807, 2.05) is 24.2 Å². The number of pyridine rings is 1. The summed E-state index contributed by atoms with van der Waals surface area (Å²) in [6.45, 7) is 3.87. The van der Waals surface area contributed by atoms with Crippen molar-refractivity contribution in [2.24, 2.45) is 5.73 Å². The molecule has 0 bridgehead atoms. The quantitative estimate of drug-likeness (QED) is 0.719. The van der Waals surface area contributed by atoms with Crippen LogP contribution in [0.2, 0.25) is 0 Å². The normalized spacial score (nSPS) is 12.9. The molecule has 0 saturated carbocycles. The van der Waals surface area contributed by atoms with Gasteiger partial charge in [-0.25, -0.2) is 0 Å². The van der Waals surface area contributed by atoms with Crippen LogP contribution in [0, 0.1) is 0 Å². The van der Waals surface area contributed by atoms with E-state index in [9.17, 15) is 0 Å². The lowest BCUT2D eigenvalue weighted by Crippen LogP contribution is -2.37. The highest BCUT2D eigenvalue weighted by molar-refractivity contribution is 7.99. The minimum Gasteiger partial charge on any atom is -0.329 e. The van der Waals surface area contributed by atoms with Gasteiger partial charge in [0.1, 0.15) is 0 Å². The Bertz CT molecular complexity index is 292. The Morgan fingerprint density at radius 3 is 2.71 bits per heavy atom. The first-order chi connectivity index (χ1) is 8.27. The Balaban J connectivity index is 2.40. The second-order valence-electron chi connectivity index (χ2n) is 4.15. The minimum atomic E-state index is 0.474. The third-order valence-electron chi connectivity index (χ3n) is 2.88. The summed E-state index contributed by atoms with van der Waals surface area (Å²) >= 11 is 1.98. The van der Waals surface area contributed by atoms with Crippen molar-refractivity contribution in [2.75, 3.05) is 25.1 Å². The summed E-state index contributed by atoms with van der Waals surface area (Å²) in [6, 6.07) is 4.60. The van der Waals surface area contributed by atoms with Crippen LogP contribution < -0.4 is 5.73 Å². The number of aromatic nitrogens is 1. The molecule has 1 rings (SSSR count). The first kappa shape index (κ1) is 14.5. The molecule has 0 aromatic carbocycles. The van der Waals surface area contributed by atoms with Crippen molar-refractivity contribution in [2.45, 2.75) is 25.9 Å². The van der Waals surface area contributed by atoms with Gasteiger partial charge in [-0.2, -0.15) is 11.8 Å². The molecule has 4 heteroatoms. The van der Waals surface area contributed by atoms with Crippen LogP contribution in [0.3, 0.4) is 0 Å². The highest BCUT2D eigenvalue weighted by Crippen LogP contribution is 2.10. The third kappa shape index (κ3) is 5.52. The van der Waals surface area contributed by atoms with Crippen molar-refractivity contribution in [1.82, 2.24) is 9.88 Å². The lowest BCUT2D eigenvalue weighted by atomic mass is 10.1. The summed E-state index contributed by atoms with van der Waals surface area (Å²) < 4.78 is 0. The number of likely N-dealkylation sites (N-methyl/N-ethyl adjacent to an activating group) is 1. The zero-order valence-electron chi connectivity index (χ0n) is 10.8. The van der Waals surface area contributed by atoms with E-state index in [1.54, 1.807) is 0 Å². The molecule has 1 unspecified atom stereocenters. The van der Waals surface area contributed by atoms with Crippen molar-refractivity contribution in [3.05, 3.63) is 30.1 Å². The first-order valence-corrected chi connectivity index (χ1v) is 7.30. The number of hydrogen-bond acceptors (Lipinski definition) is 4. The fourth-order valence-corrected chi connectivity index (χ4v) is 2.51. The van der Waals surface area contributed by atoms with E-state index in [2.05, 4.69) is 36.0 Å². The van der Waals surface area contributed by atoms with Crippen LogP contribution in [0.4, 0.5) is 0 Å². The largest absolute Gasteiger partial charge is 0.329 e. The van der Waals surface area contributed by atoms with Gasteiger partial charge in [-0.3, -0.25) is 9.88 Å². The van der Waals surface area contributed by atoms with Crippen molar-refractivity contribution < 1.29 is 0 Å². The summed E-state index contributed by atoms with van der Waals surface area (Å²) in [7, 11) is 2.15. The molecule has 0 aliphatic heterocycles. The first-order valence-electron chi connectivity index (χ1n) is 6.14.